The maximum absolute atomic E-state index is 12.2. The maximum Gasteiger partial charge on any atom is 0.403 e. The van der Waals surface area contributed by atoms with Gasteiger partial charge in [-0.1, -0.05) is 18.2 Å². The van der Waals surface area contributed by atoms with Crippen LogP contribution in [0.1, 0.15) is 18.1 Å². The highest BCUT2D eigenvalue weighted by Crippen LogP contribution is 2.31. The van der Waals surface area contributed by atoms with Crippen molar-refractivity contribution in [2.75, 3.05) is 7.11 Å². The quantitative estimate of drug-likeness (QED) is 0.893. The predicted molar refractivity (Wildman–Crippen MR) is 63.8 cm³/mol. The number of methoxy groups -OCH3 is 1. The van der Waals surface area contributed by atoms with Gasteiger partial charge in [-0.15, -0.1) is 12.4 Å². The van der Waals surface area contributed by atoms with Gasteiger partial charge in [0, 0.05) is 12.0 Å². The number of hydrogen-bond acceptors (Lipinski definition) is 3. The van der Waals surface area contributed by atoms with Crippen LogP contribution in [0, 0.1) is 0 Å². The zero-order chi connectivity index (χ0) is 13.1. The van der Waals surface area contributed by atoms with Crippen molar-refractivity contribution in [2.24, 2.45) is 5.73 Å². The summed E-state index contributed by atoms with van der Waals surface area (Å²) in [6.45, 7) is 0. The van der Waals surface area contributed by atoms with Crippen molar-refractivity contribution in [3.05, 3.63) is 29.8 Å². The van der Waals surface area contributed by atoms with E-state index in [9.17, 15) is 18.3 Å². The predicted octanol–water partition coefficient (Wildman–Crippen LogP) is 2.43. The van der Waals surface area contributed by atoms with E-state index in [1.165, 1.54) is 13.2 Å². The second kappa shape index (κ2) is 6.82. The summed E-state index contributed by atoms with van der Waals surface area (Å²) >= 11 is 0. The Hall–Kier alpha value is -0.980. The minimum absolute atomic E-state index is 0. The molecule has 7 heteroatoms. The molecular formula is C11H15ClF3NO2. The summed E-state index contributed by atoms with van der Waals surface area (Å²) in [5, 5.41) is 9.71. The van der Waals surface area contributed by atoms with Crippen LogP contribution in [0.2, 0.25) is 0 Å². The minimum Gasteiger partial charge on any atom is -0.496 e. The van der Waals surface area contributed by atoms with Gasteiger partial charge in [0.15, 0.2) is 0 Å². The second-order valence-corrected chi connectivity index (χ2v) is 3.64. The summed E-state index contributed by atoms with van der Waals surface area (Å²) in [5.74, 6) is 0.342. The molecule has 1 aromatic carbocycles. The summed E-state index contributed by atoms with van der Waals surface area (Å²) in [6.07, 6.45) is -6.41. The van der Waals surface area contributed by atoms with E-state index < -0.39 is 24.7 Å². The number of halogens is 4. The summed E-state index contributed by atoms with van der Waals surface area (Å²) in [7, 11) is 1.38. The number of nitrogens with two attached hydrogens (primary N) is 1. The molecule has 0 aromatic heterocycles. The topological polar surface area (TPSA) is 55.5 Å². The van der Waals surface area contributed by atoms with Gasteiger partial charge < -0.3 is 15.6 Å². The summed E-state index contributed by atoms with van der Waals surface area (Å²) in [6, 6.07) is 4.30. The fourth-order valence-corrected chi connectivity index (χ4v) is 1.44. The molecule has 0 spiro atoms. The molecule has 0 aliphatic rings. The average Bonchev–Trinajstić information content (AvgIpc) is 2.27. The van der Waals surface area contributed by atoms with Crippen molar-refractivity contribution in [3.8, 4) is 5.75 Å². The molecule has 0 saturated carbocycles. The second-order valence-electron chi connectivity index (χ2n) is 3.64. The standard InChI is InChI=1S/C11H14F3NO2.ClH/c1-17-9-5-3-2-4-7(9)8(16)6-10(15)11(12,13)14;/h2-5,8,10,16H,6,15H2,1H3;1H/t8-,10-;/m0./s1. The number of ether oxygens (including phenoxy) is 1. The Morgan fingerprint density at radius 3 is 2.39 bits per heavy atom. The van der Waals surface area contributed by atoms with E-state index in [0.717, 1.165) is 0 Å². The number of benzene rings is 1. The van der Waals surface area contributed by atoms with Crippen LogP contribution in [0.5, 0.6) is 5.75 Å². The van der Waals surface area contributed by atoms with Crippen molar-refractivity contribution in [3.63, 3.8) is 0 Å². The fraction of sp³-hybridized carbons (Fsp3) is 0.455. The van der Waals surface area contributed by atoms with Crippen LogP contribution in [-0.4, -0.2) is 24.4 Å². The van der Waals surface area contributed by atoms with Crippen molar-refractivity contribution in [1.29, 1.82) is 0 Å². The number of aliphatic hydroxyl groups is 1. The molecule has 1 aromatic rings. The third-order valence-electron chi connectivity index (χ3n) is 2.40. The van der Waals surface area contributed by atoms with Gasteiger partial charge in [-0.2, -0.15) is 13.2 Å². The van der Waals surface area contributed by atoms with E-state index >= 15 is 0 Å². The van der Waals surface area contributed by atoms with E-state index in [4.69, 9.17) is 10.5 Å². The molecule has 2 atom stereocenters. The van der Waals surface area contributed by atoms with Crippen LogP contribution in [0.25, 0.3) is 0 Å². The SMILES string of the molecule is COc1ccccc1[C@@H](O)C[C@H](N)C(F)(F)F.Cl. The van der Waals surface area contributed by atoms with Crippen molar-refractivity contribution >= 4 is 12.4 Å². The number of aliphatic hydroxyl groups excluding tert-OH is 1. The molecular weight excluding hydrogens is 271 g/mol. The average molecular weight is 286 g/mol. The monoisotopic (exact) mass is 285 g/mol. The first-order valence-corrected chi connectivity index (χ1v) is 4.99. The normalized spacial score (nSPS) is 14.6. The zero-order valence-corrected chi connectivity index (χ0v) is 10.5. The van der Waals surface area contributed by atoms with Gasteiger partial charge in [-0.05, 0) is 6.07 Å². The molecule has 1 rings (SSSR count). The van der Waals surface area contributed by atoms with Crippen LogP contribution < -0.4 is 10.5 Å². The summed E-state index contributed by atoms with van der Waals surface area (Å²) in [4.78, 5) is 0. The lowest BCUT2D eigenvalue weighted by atomic mass is 10.0. The third kappa shape index (κ3) is 4.36. The molecule has 0 aliphatic heterocycles. The Morgan fingerprint density at radius 1 is 1.33 bits per heavy atom. The van der Waals surface area contributed by atoms with E-state index in [1.54, 1.807) is 18.2 Å². The van der Waals surface area contributed by atoms with Gasteiger partial charge in [-0.25, -0.2) is 0 Å². The van der Waals surface area contributed by atoms with Gasteiger partial charge in [0.1, 0.15) is 11.8 Å². The Balaban J connectivity index is 0.00000289. The minimum atomic E-state index is -4.51. The molecule has 0 amide bonds. The number of alkyl halides is 3. The lowest BCUT2D eigenvalue weighted by Gasteiger charge is -2.20. The van der Waals surface area contributed by atoms with Crippen LogP contribution in [0.15, 0.2) is 24.3 Å². The van der Waals surface area contributed by atoms with Gasteiger partial charge in [0.05, 0.1) is 13.2 Å². The number of para-hydroxylation sites is 1. The molecule has 0 radical (unpaired) electrons. The van der Waals surface area contributed by atoms with E-state index in [1.807, 2.05) is 0 Å². The van der Waals surface area contributed by atoms with Gasteiger partial charge in [0.2, 0.25) is 0 Å². The number of rotatable bonds is 4. The van der Waals surface area contributed by atoms with Crippen molar-refractivity contribution in [1.82, 2.24) is 0 Å². The Kier molecular flexibility index (Phi) is 6.45. The fourth-order valence-electron chi connectivity index (χ4n) is 1.44. The maximum atomic E-state index is 12.2. The Bertz CT molecular complexity index is 374. The largest absolute Gasteiger partial charge is 0.496 e. The van der Waals surface area contributed by atoms with Gasteiger partial charge in [0.25, 0.3) is 0 Å². The third-order valence-corrected chi connectivity index (χ3v) is 2.40. The van der Waals surface area contributed by atoms with Crippen LogP contribution >= 0.6 is 12.4 Å². The van der Waals surface area contributed by atoms with Gasteiger partial charge in [-0.3, -0.25) is 0 Å². The molecule has 104 valence electrons. The molecule has 0 aliphatic carbocycles. The highest BCUT2D eigenvalue weighted by atomic mass is 35.5. The molecule has 0 fully saturated rings. The zero-order valence-electron chi connectivity index (χ0n) is 9.65. The smallest absolute Gasteiger partial charge is 0.403 e. The first kappa shape index (κ1) is 17.0. The molecule has 3 nitrogen and oxygen atoms in total. The molecule has 0 heterocycles. The highest BCUT2D eigenvalue weighted by molar-refractivity contribution is 5.85. The molecule has 3 N–H and O–H groups in total. The lowest BCUT2D eigenvalue weighted by molar-refractivity contribution is -0.153. The van der Waals surface area contributed by atoms with E-state index in [2.05, 4.69) is 0 Å². The summed E-state index contributed by atoms with van der Waals surface area (Å²) in [5.41, 5.74) is 5.26. The molecule has 0 bridgehead atoms. The highest BCUT2D eigenvalue weighted by Gasteiger charge is 2.38. The van der Waals surface area contributed by atoms with E-state index in [-0.39, 0.29) is 12.4 Å². The first-order chi connectivity index (χ1) is 7.86. The molecule has 0 saturated heterocycles. The Morgan fingerprint density at radius 2 is 1.89 bits per heavy atom. The molecule has 18 heavy (non-hydrogen) atoms. The van der Waals surface area contributed by atoms with Crippen LogP contribution in [-0.2, 0) is 0 Å². The van der Waals surface area contributed by atoms with Crippen molar-refractivity contribution < 1.29 is 23.0 Å². The Labute approximate surface area is 109 Å². The molecule has 0 unspecified atom stereocenters. The van der Waals surface area contributed by atoms with Crippen LogP contribution in [0.3, 0.4) is 0 Å². The first-order valence-electron chi connectivity index (χ1n) is 4.99. The van der Waals surface area contributed by atoms with Crippen molar-refractivity contribution in [2.45, 2.75) is 24.7 Å². The van der Waals surface area contributed by atoms with Gasteiger partial charge >= 0.3 is 6.18 Å². The number of hydrogen-bond donors (Lipinski definition) is 2. The van der Waals surface area contributed by atoms with E-state index in [0.29, 0.717) is 11.3 Å². The summed E-state index contributed by atoms with van der Waals surface area (Å²) < 4.78 is 41.7. The van der Waals surface area contributed by atoms with Crippen LogP contribution in [0.4, 0.5) is 13.2 Å². The lowest BCUT2D eigenvalue weighted by Crippen LogP contribution is -2.38.